The normalized spacial score (nSPS) is 39.3. The van der Waals surface area contributed by atoms with Crippen molar-refractivity contribution >= 4 is 13.5 Å². The Labute approximate surface area is 283 Å². The summed E-state index contributed by atoms with van der Waals surface area (Å²) in [4.78, 5) is 12.7. The van der Waals surface area contributed by atoms with Crippen LogP contribution in [0.5, 0.6) is 5.75 Å². The number of aliphatic hydroxyl groups excluding tert-OH is 2. The van der Waals surface area contributed by atoms with Crippen molar-refractivity contribution in [3.8, 4) is 5.75 Å². The van der Waals surface area contributed by atoms with E-state index in [-0.39, 0.29) is 54.1 Å². The molecule has 13 atom stereocenters. The lowest BCUT2D eigenvalue weighted by molar-refractivity contribution is -0.203. The molecule has 5 rings (SSSR count). The molecule has 3 N–H and O–H groups in total. The molecule has 8 nitrogen and oxygen atoms in total. The summed E-state index contributed by atoms with van der Waals surface area (Å²) in [6, 6.07) is 8.16. The minimum atomic E-state index is -3.87. The van der Waals surface area contributed by atoms with Crippen LogP contribution >= 0.6 is 7.75 Å². The van der Waals surface area contributed by atoms with E-state index in [4.69, 9.17) is 13.8 Å². The van der Waals surface area contributed by atoms with Crippen molar-refractivity contribution in [3.05, 3.63) is 30.3 Å². The van der Waals surface area contributed by atoms with Crippen LogP contribution in [0.2, 0.25) is 0 Å². The molecule has 0 aromatic heterocycles. The number of Topliss-reactive ketones (excluding diaryl/α,β-unsaturated/α-hetero) is 1. The van der Waals surface area contributed by atoms with Gasteiger partial charge in [-0.15, -0.1) is 0 Å². The van der Waals surface area contributed by atoms with E-state index in [2.05, 4.69) is 32.8 Å². The molecule has 0 bridgehead atoms. The van der Waals surface area contributed by atoms with Crippen molar-refractivity contribution in [1.29, 1.82) is 0 Å². The predicted octanol–water partition coefficient (Wildman–Crippen LogP) is 7.82. The Bertz CT molecular complexity index is 1250. The van der Waals surface area contributed by atoms with Gasteiger partial charge in [-0.3, -0.25) is 9.32 Å². The number of ketones is 1. The van der Waals surface area contributed by atoms with E-state index in [0.29, 0.717) is 41.3 Å². The van der Waals surface area contributed by atoms with Crippen LogP contribution in [0.3, 0.4) is 0 Å². The quantitative estimate of drug-likeness (QED) is 0.171. The van der Waals surface area contributed by atoms with Crippen molar-refractivity contribution in [2.45, 2.75) is 131 Å². The number of aliphatic hydroxyl groups is 2. The first-order chi connectivity index (χ1) is 22.2. The highest BCUT2D eigenvalue weighted by molar-refractivity contribution is 7.52. The lowest BCUT2D eigenvalue weighted by atomic mass is 9.41. The number of rotatable bonds is 14. The first kappa shape index (κ1) is 37.0. The van der Waals surface area contributed by atoms with Gasteiger partial charge in [0, 0.05) is 0 Å². The number of carbonyl (C=O) groups excluding carboxylic acids is 1. The molecular formula is C38H62NO7P. The zero-order chi connectivity index (χ0) is 34.1. The minimum absolute atomic E-state index is 0.0764. The standard InChI is InChI=1S/C38H62NO7P/c1-8-29-33-22-27(40)16-19-38(33,7)32-17-20-37(6)30(14-15-31(37)35(32)36(29)42)25(4)18-21-45-47(43,46-28-12-10-9-11-13-28)39-26(5)34(41)23-44-24(2)3/h9-13,24-27,29-33,35-36,40,42H,8,14-23H2,1-7H3,(H,39,43)/t25-,26+,27-,29-,30-,31?,32?,33?,35?,36-,37-,38-,47-/m1/s1. The molecule has 4 aliphatic carbocycles. The number of benzene rings is 1. The van der Waals surface area contributed by atoms with Crippen LogP contribution in [0.4, 0.5) is 0 Å². The summed E-state index contributed by atoms with van der Waals surface area (Å²) >= 11 is 0. The van der Waals surface area contributed by atoms with Crippen molar-refractivity contribution in [3.63, 3.8) is 0 Å². The topological polar surface area (TPSA) is 114 Å². The highest BCUT2D eigenvalue weighted by Gasteiger charge is 2.64. The van der Waals surface area contributed by atoms with E-state index in [1.807, 2.05) is 32.0 Å². The largest absolute Gasteiger partial charge is 0.459 e. The molecule has 266 valence electrons. The van der Waals surface area contributed by atoms with Crippen molar-refractivity contribution < 1.29 is 33.4 Å². The van der Waals surface area contributed by atoms with Gasteiger partial charge < -0.3 is 19.5 Å². The second kappa shape index (κ2) is 14.9. The van der Waals surface area contributed by atoms with Crippen LogP contribution in [0.15, 0.2) is 30.3 Å². The molecular weight excluding hydrogens is 613 g/mol. The van der Waals surface area contributed by atoms with Crippen LogP contribution in [0.25, 0.3) is 0 Å². The van der Waals surface area contributed by atoms with Crippen LogP contribution in [-0.2, 0) is 18.6 Å². The summed E-state index contributed by atoms with van der Waals surface area (Å²) < 4.78 is 31.5. The lowest BCUT2D eigenvalue weighted by Gasteiger charge is -2.64. The number of ether oxygens (including phenoxy) is 1. The van der Waals surface area contributed by atoms with Gasteiger partial charge in [0.15, 0.2) is 5.78 Å². The van der Waals surface area contributed by atoms with E-state index in [0.717, 1.165) is 57.8 Å². The summed E-state index contributed by atoms with van der Waals surface area (Å²) in [5.74, 6) is 2.97. The Hall–Kier alpha value is -1.28. The fourth-order valence-electron chi connectivity index (χ4n) is 10.9. The van der Waals surface area contributed by atoms with Gasteiger partial charge in [-0.25, -0.2) is 9.65 Å². The first-order valence-electron chi connectivity index (χ1n) is 18.5. The fourth-order valence-corrected chi connectivity index (χ4v) is 12.4. The molecule has 0 aliphatic heterocycles. The number of hydrogen-bond donors (Lipinski definition) is 3. The molecule has 0 spiro atoms. The summed E-state index contributed by atoms with van der Waals surface area (Å²) in [6.07, 6.45) is 8.43. The Morgan fingerprint density at radius 2 is 1.66 bits per heavy atom. The first-order valence-corrected chi connectivity index (χ1v) is 20.0. The van der Waals surface area contributed by atoms with Gasteiger partial charge in [0.2, 0.25) is 0 Å². The molecule has 0 radical (unpaired) electrons. The van der Waals surface area contributed by atoms with Gasteiger partial charge in [0.25, 0.3) is 0 Å². The Morgan fingerprint density at radius 1 is 0.979 bits per heavy atom. The zero-order valence-electron chi connectivity index (χ0n) is 29.9. The van der Waals surface area contributed by atoms with Crippen LogP contribution < -0.4 is 9.61 Å². The molecule has 9 heteroatoms. The SMILES string of the molecule is CC[C@@H]1C2C[C@H](O)CC[C@]2(C)C2CC[C@@]3(C)C(CC[C@@H]3[C@H](C)CCO[P@](=O)(N[C@@H](C)C(=O)COC(C)C)Oc3ccccc3)C2[C@@H]1O. The molecule has 4 fully saturated rings. The molecule has 0 amide bonds. The van der Waals surface area contributed by atoms with E-state index in [1.54, 1.807) is 19.1 Å². The lowest BCUT2D eigenvalue weighted by Crippen LogP contribution is -2.62. The molecule has 1 aromatic carbocycles. The smallest absolute Gasteiger partial charge is 0.413 e. The van der Waals surface area contributed by atoms with Gasteiger partial charge in [-0.2, -0.15) is 0 Å². The average molecular weight is 676 g/mol. The van der Waals surface area contributed by atoms with E-state index in [1.165, 1.54) is 0 Å². The molecule has 4 aliphatic rings. The Balaban J connectivity index is 1.25. The van der Waals surface area contributed by atoms with Crippen LogP contribution in [0, 0.1) is 52.3 Å². The molecule has 47 heavy (non-hydrogen) atoms. The highest BCUT2D eigenvalue weighted by Crippen LogP contribution is 2.69. The van der Waals surface area contributed by atoms with E-state index in [9.17, 15) is 19.6 Å². The number of para-hydroxylation sites is 1. The van der Waals surface area contributed by atoms with Gasteiger partial charge in [-0.1, -0.05) is 52.3 Å². The number of nitrogens with one attached hydrogen (secondary N) is 1. The third-order valence-corrected chi connectivity index (χ3v) is 15.0. The third-order valence-electron chi connectivity index (χ3n) is 13.3. The Morgan fingerprint density at radius 3 is 2.34 bits per heavy atom. The molecule has 1 aromatic rings. The van der Waals surface area contributed by atoms with Crippen LogP contribution in [-0.4, -0.2) is 53.6 Å². The maximum atomic E-state index is 14.1. The number of fused-ring (bicyclic) bond motifs is 5. The monoisotopic (exact) mass is 675 g/mol. The van der Waals surface area contributed by atoms with Gasteiger partial charge in [0.1, 0.15) is 12.4 Å². The van der Waals surface area contributed by atoms with Gasteiger partial charge >= 0.3 is 7.75 Å². The second-order valence-electron chi connectivity index (χ2n) is 16.3. The highest BCUT2D eigenvalue weighted by atomic mass is 31.2. The molecule has 4 unspecified atom stereocenters. The van der Waals surface area contributed by atoms with Crippen molar-refractivity contribution in [2.75, 3.05) is 13.2 Å². The predicted molar refractivity (Wildman–Crippen MR) is 185 cm³/mol. The number of hydrogen-bond acceptors (Lipinski definition) is 7. The molecule has 4 saturated carbocycles. The maximum absolute atomic E-state index is 14.1. The van der Waals surface area contributed by atoms with E-state index < -0.39 is 13.8 Å². The summed E-state index contributed by atoms with van der Waals surface area (Å²) in [7, 11) is -3.87. The summed E-state index contributed by atoms with van der Waals surface area (Å²) in [6.45, 7) is 15.1. The average Bonchev–Trinajstić information content (AvgIpc) is 3.38. The van der Waals surface area contributed by atoms with Crippen molar-refractivity contribution in [2.24, 2.45) is 52.3 Å². The molecule has 0 saturated heterocycles. The number of carbonyl (C=O) groups is 1. The molecule has 0 heterocycles. The van der Waals surface area contributed by atoms with E-state index >= 15 is 0 Å². The van der Waals surface area contributed by atoms with Crippen LogP contribution in [0.1, 0.15) is 106 Å². The second-order valence-corrected chi connectivity index (χ2v) is 18.0. The third kappa shape index (κ3) is 7.59. The zero-order valence-corrected chi connectivity index (χ0v) is 30.8. The summed E-state index contributed by atoms with van der Waals surface area (Å²) in [5, 5.41) is 25.5. The van der Waals surface area contributed by atoms with Gasteiger partial charge in [0.05, 0.1) is 31.0 Å². The summed E-state index contributed by atoms with van der Waals surface area (Å²) in [5.41, 5.74) is 0.325. The fraction of sp³-hybridized carbons (Fsp3) is 0.816. The van der Waals surface area contributed by atoms with Gasteiger partial charge in [-0.05, 0) is 137 Å². The van der Waals surface area contributed by atoms with Crippen molar-refractivity contribution in [1.82, 2.24) is 5.09 Å². The Kier molecular flexibility index (Phi) is 11.7. The minimum Gasteiger partial charge on any atom is -0.413 e. The maximum Gasteiger partial charge on any atom is 0.459 e.